The molecular formula is C24H30N2O3. The summed E-state index contributed by atoms with van der Waals surface area (Å²) in [6, 6.07) is 14.1. The monoisotopic (exact) mass is 394 g/mol. The normalized spacial score (nSPS) is 21.6. The highest BCUT2D eigenvalue weighted by molar-refractivity contribution is 5.88. The predicted octanol–water partition coefficient (Wildman–Crippen LogP) is 3.62. The molecule has 0 saturated carbocycles. The van der Waals surface area contributed by atoms with Crippen LogP contribution in [-0.4, -0.2) is 49.2 Å². The van der Waals surface area contributed by atoms with Crippen LogP contribution in [0.25, 0.3) is 0 Å². The Kier molecular flexibility index (Phi) is 6.14. The fraction of sp³-hybridized carbons (Fsp3) is 0.500. The molecular weight excluding hydrogens is 364 g/mol. The number of aromatic nitrogens is 1. The summed E-state index contributed by atoms with van der Waals surface area (Å²) in [6.45, 7) is 2.91. The van der Waals surface area contributed by atoms with Crippen molar-refractivity contribution in [2.45, 2.75) is 37.5 Å². The minimum Gasteiger partial charge on any atom is -0.497 e. The first kappa shape index (κ1) is 19.9. The van der Waals surface area contributed by atoms with Gasteiger partial charge in [-0.1, -0.05) is 18.2 Å². The fourth-order valence-corrected chi connectivity index (χ4v) is 4.79. The van der Waals surface area contributed by atoms with Crippen molar-refractivity contribution in [3.05, 3.63) is 59.9 Å². The van der Waals surface area contributed by atoms with Gasteiger partial charge < -0.3 is 14.4 Å². The Hall–Kier alpha value is -2.40. The molecule has 0 N–H and O–H groups in total. The summed E-state index contributed by atoms with van der Waals surface area (Å²) in [5.41, 5.74) is 1.71. The minimum atomic E-state index is -0.489. The van der Waals surface area contributed by atoms with Gasteiger partial charge in [0.2, 0.25) is 5.91 Å². The highest BCUT2D eigenvalue weighted by Gasteiger charge is 2.44. The summed E-state index contributed by atoms with van der Waals surface area (Å²) in [5.74, 6) is 1.55. The van der Waals surface area contributed by atoms with Crippen molar-refractivity contribution in [3.8, 4) is 5.75 Å². The number of likely N-dealkylation sites (tertiary alicyclic amines) is 1. The van der Waals surface area contributed by atoms with Gasteiger partial charge in [-0.05, 0) is 67.9 Å². The maximum atomic E-state index is 13.9. The second-order valence-electron chi connectivity index (χ2n) is 8.21. The number of ether oxygens (including phenoxy) is 2. The Morgan fingerprint density at radius 3 is 2.69 bits per heavy atom. The number of rotatable bonds is 5. The van der Waals surface area contributed by atoms with Crippen LogP contribution >= 0.6 is 0 Å². The summed E-state index contributed by atoms with van der Waals surface area (Å²) >= 11 is 0. The zero-order chi connectivity index (χ0) is 20.1. The van der Waals surface area contributed by atoms with Crippen LogP contribution in [0.3, 0.4) is 0 Å². The van der Waals surface area contributed by atoms with E-state index < -0.39 is 5.41 Å². The van der Waals surface area contributed by atoms with Crippen LogP contribution in [0.15, 0.2) is 48.7 Å². The maximum absolute atomic E-state index is 13.9. The van der Waals surface area contributed by atoms with Crippen LogP contribution in [0.4, 0.5) is 0 Å². The first-order valence-electron chi connectivity index (χ1n) is 10.6. The summed E-state index contributed by atoms with van der Waals surface area (Å²) < 4.78 is 10.9. The molecule has 2 fully saturated rings. The highest BCUT2D eigenvalue weighted by Crippen LogP contribution is 2.38. The van der Waals surface area contributed by atoms with Crippen molar-refractivity contribution in [1.82, 2.24) is 9.88 Å². The third-order valence-electron chi connectivity index (χ3n) is 6.43. The SMILES string of the molecule is COc1ccc(C2(C(=O)N3CCC[C@@H](Cc4ccccn4)C3)CCOCC2)cc1. The van der Waals surface area contributed by atoms with Crippen LogP contribution in [-0.2, 0) is 21.4 Å². The van der Waals surface area contributed by atoms with Gasteiger partial charge in [0.05, 0.1) is 12.5 Å². The highest BCUT2D eigenvalue weighted by atomic mass is 16.5. The van der Waals surface area contributed by atoms with Crippen LogP contribution in [0.2, 0.25) is 0 Å². The minimum absolute atomic E-state index is 0.261. The molecule has 154 valence electrons. The average Bonchev–Trinajstić information content (AvgIpc) is 2.80. The predicted molar refractivity (Wildman–Crippen MR) is 112 cm³/mol. The second kappa shape index (κ2) is 8.95. The Balaban J connectivity index is 1.53. The van der Waals surface area contributed by atoms with E-state index in [1.165, 1.54) is 0 Å². The number of piperidine rings is 1. The number of pyridine rings is 1. The maximum Gasteiger partial charge on any atom is 0.233 e. The van der Waals surface area contributed by atoms with Crippen molar-refractivity contribution in [1.29, 1.82) is 0 Å². The first-order chi connectivity index (χ1) is 14.2. The molecule has 1 aromatic carbocycles. The summed E-state index contributed by atoms with van der Waals surface area (Å²) in [7, 11) is 1.67. The molecule has 4 rings (SSSR count). The Morgan fingerprint density at radius 1 is 1.21 bits per heavy atom. The standard InChI is InChI=1S/C24H30N2O3/c1-28-22-9-7-20(8-10-22)24(11-15-29-16-12-24)23(27)26-14-4-5-19(18-26)17-21-6-2-3-13-25-21/h2-3,6-10,13,19H,4-5,11-12,14-18H2,1H3/t19-/m0/s1. The molecule has 0 spiro atoms. The van der Waals surface area contributed by atoms with E-state index in [1.54, 1.807) is 7.11 Å². The van der Waals surface area contributed by atoms with Crippen molar-refractivity contribution < 1.29 is 14.3 Å². The molecule has 29 heavy (non-hydrogen) atoms. The van der Waals surface area contributed by atoms with Gasteiger partial charge in [-0.15, -0.1) is 0 Å². The Labute approximate surface area is 173 Å². The molecule has 2 aliphatic heterocycles. The van der Waals surface area contributed by atoms with E-state index in [-0.39, 0.29) is 5.91 Å². The number of hydrogen-bond donors (Lipinski definition) is 0. The molecule has 2 aromatic rings. The lowest BCUT2D eigenvalue weighted by Gasteiger charge is -2.43. The van der Waals surface area contributed by atoms with Crippen molar-refractivity contribution in [2.75, 3.05) is 33.4 Å². The van der Waals surface area contributed by atoms with Crippen molar-refractivity contribution >= 4 is 5.91 Å². The smallest absolute Gasteiger partial charge is 0.233 e. The molecule has 2 saturated heterocycles. The molecule has 1 amide bonds. The molecule has 0 unspecified atom stereocenters. The Bertz CT molecular complexity index is 801. The zero-order valence-corrected chi connectivity index (χ0v) is 17.2. The number of nitrogens with zero attached hydrogens (tertiary/aromatic N) is 2. The van der Waals surface area contributed by atoms with Crippen LogP contribution in [0, 0.1) is 5.92 Å². The van der Waals surface area contributed by atoms with Crippen molar-refractivity contribution in [2.24, 2.45) is 5.92 Å². The molecule has 5 nitrogen and oxygen atoms in total. The molecule has 5 heteroatoms. The summed E-state index contributed by atoms with van der Waals surface area (Å²) in [5, 5.41) is 0. The van der Waals surface area contributed by atoms with Gasteiger partial charge in [-0.25, -0.2) is 0 Å². The number of hydrogen-bond acceptors (Lipinski definition) is 4. The lowest BCUT2D eigenvalue weighted by Crippen LogP contribution is -2.52. The van der Waals surface area contributed by atoms with E-state index in [2.05, 4.69) is 28.1 Å². The number of amides is 1. The van der Waals surface area contributed by atoms with Crippen LogP contribution < -0.4 is 4.74 Å². The average molecular weight is 395 g/mol. The van der Waals surface area contributed by atoms with E-state index in [9.17, 15) is 4.79 Å². The summed E-state index contributed by atoms with van der Waals surface area (Å²) in [6.07, 6.45) is 6.46. The van der Waals surface area contributed by atoms with Crippen LogP contribution in [0.5, 0.6) is 5.75 Å². The van der Waals surface area contributed by atoms with Gasteiger partial charge in [0.15, 0.2) is 0 Å². The first-order valence-corrected chi connectivity index (χ1v) is 10.6. The molecule has 1 atom stereocenters. The molecule has 0 bridgehead atoms. The molecule has 0 aliphatic carbocycles. The van der Waals surface area contributed by atoms with Gasteiger partial charge in [-0.2, -0.15) is 0 Å². The van der Waals surface area contributed by atoms with Gasteiger partial charge in [0, 0.05) is 38.2 Å². The van der Waals surface area contributed by atoms with Crippen molar-refractivity contribution in [3.63, 3.8) is 0 Å². The number of benzene rings is 1. The van der Waals surface area contributed by atoms with E-state index in [1.807, 2.05) is 30.5 Å². The lowest BCUT2D eigenvalue weighted by molar-refractivity contribution is -0.143. The van der Waals surface area contributed by atoms with Gasteiger partial charge in [0.1, 0.15) is 5.75 Å². The van der Waals surface area contributed by atoms with E-state index in [0.717, 1.165) is 62.2 Å². The largest absolute Gasteiger partial charge is 0.497 e. The molecule has 3 heterocycles. The Morgan fingerprint density at radius 2 is 2.00 bits per heavy atom. The lowest BCUT2D eigenvalue weighted by atomic mass is 9.72. The van der Waals surface area contributed by atoms with Gasteiger partial charge >= 0.3 is 0 Å². The molecule has 0 radical (unpaired) electrons. The third kappa shape index (κ3) is 4.30. The van der Waals surface area contributed by atoms with E-state index in [4.69, 9.17) is 9.47 Å². The second-order valence-corrected chi connectivity index (χ2v) is 8.21. The van der Waals surface area contributed by atoms with Gasteiger partial charge in [0.25, 0.3) is 0 Å². The van der Waals surface area contributed by atoms with E-state index >= 15 is 0 Å². The van der Waals surface area contributed by atoms with E-state index in [0.29, 0.717) is 19.1 Å². The number of methoxy groups -OCH3 is 1. The van der Waals surface area contributed by atoms with Gasteiger partial charge in [-0.3, -0.25) is 9.78 Å². The molecule has 1 aromatic heterocycles. The number of carbonyl (C=O) groups excluding carboxylic acids is 1. The summed E-state index contributed by atoms with van der Waals surface area (Å²) in [4.78, 5) is 20.4. The fourth-order valence-electron chi connectivity index (χ4n) is 4.79. The quantitative estimate of drug-likeness (QED) is 0.777. The zero-order valence-electron chi connectivity index (χ0n) is 17.2. The van der Waals surface area contributed by atoms with Crippen LogP contribution in [0.1, 0.15) is 36.9 Å². The number of carbonyl (C=O) groups is 1. The topological polar surface area (TPSA) is 51.7 Å². The molecule has 2 aliphatic rings. The third-order valence-corrected chi connectivity index (χ3v) is 6.43.